The number of benzene rings is 1. The normalized spacial score (nSPS) is 18.5. The maximum absolute atomic E-state index is 13.8. The summed E-state index contributed by atoms with van der Waals surface area (Å²) in [6.45, 7) is 1.82. The first-order valence-electron chi connectivity index (χ1n) is 7.71. The predicted molar refractivity (Wildman–Crippen MR) is 90.0 cm³/mol. The van der Waals surface area contributed by atoms with E-state index in [9.17, 15) is 8.60 Å². The van der Waals surface area contributed by atoms with Crippen LogP contribution in [0.25, 0.3) is 0 Å². The molecule has 0 saturated heterocycles. The van der Waals surface area contributed by atoms with Gasteiger partial charge in [-0.15, -0.1) is 11.3 Å². The van der Waals surface area contributed by atoms with Gasteiger partial charge in [0.15, 0.2) is 0 Å². The standard InChI is InChI=1S/C17H20FNOS2/c1-12(15-8-4-5-9-16(15)18)22(20)11-14-10-21-17(19-14)13-6-2-3-7-13/h4-5,8-10,12-13H,2-3,6-7,11H2,1H3/t12-,22-/m1/s1. The van der Waals surface area contributed by atoms with E-state index >= 15 is 0 Å². The number of hydrogen-bond acceptors (Lipinski definition) is 3. The molecule has 3 rings (SSSR count). The Labute approximate surface area is 137 Å². The zero-order chi connectivity index (χ0) is 15.5. The molecule has 0 bridgehead atoms. The highest BCUT2D eigenvalue weighted by molar-refractivity contribution is 7.84. The summed E-state index contributed by atoms with van der Waals surface area (Å²) in [5.74, 6) is 0.711. The van der Waals surface area contributed by atoms with E-state index in [4.69, 9.17) is 0 Å². The maximum atomic E-state index is 13.8. The van der Waals surface area contributed by atoms with Crippen molar-refractivity contribution < 1.29 is 8.60 Å². The lowest BCUT2D eigenvalue weighted by Gasteiger charge is -2.12. The zero-order valence-electron chi connectivity index (χ0n) is 12.6. The van der Waals surface area contributed by atoms with Crippen LogP contribution in [0.1, 0.15) is 60.0 Å². The number of rotatable bonds is 5. The van der Waals surface area contributed by atoms with Gasteiger partial charge >= 0.3 is 0 Å². The van der Waals surface area contributed by atoms with Crippen molar-refractivity contribution in [2.24, 2.45) is 0 Å². The SMILES string of the molecule is C[C@H](c1ccccc1F)[S@](=O)Cc1csc(C2CCCC2)n1. The van der Waals surface area contributed by atoms with E-state index < -0.39 is 10.8 Å². The van der Waals surface area contributed by atoms with E-state index in [1.165, 1.54) is 36.8 Å². The Balaban J connectivity index is 1.67. The molecule has 2 nitrogen and oxygen atoms in total. The van der Waals surface area contributed by atoms with Crippen molar-refractivity contribution >= 4 is 22.1 Å². The van der Waals surface area contributed by atoms with E-state index in [-0.39, 0.29) is 11.1 Å². The second kappa shape index (κ2) is 7.01. The van der Waals surface area contributed by atoms with Crippen LogP contribution in [0.3, 0.4) is 0 Å². The number of aromatic nitrogens is 1. The first-order valence-corrected chi connectivity index (χ1v) is 9.97. The summed E-state index contributed by atoms with van der Waals surface area (Å²) in [6.07, 6.45) is 5.02. The van der Waals surface area contributed by atoms with Gasteiger partial charge in [0.05, 0.1) is 21.7 Å². The van der Waals surface area contributed by atoms with E-state index in [1.54, 1.807) is 29.5 Å². The molecule has 0 aliphatic heterocycles. The summed E-state index contributed by atoms with van der Waals surface area (Å²) in [7, 11) is -1.16. The van der Waals surface area contributed by atoms with Gasteiger partial charge in [-0.3, -0.25) is 4.21 Å². The Hall–Kier alpha value is -1.07. The highest BCUT2D eigenvalue weighted by atomic mass is 32.2. The maximum Gasteiger partial charge on any atom is 0.127 e. The average Bonchev–Trinajstić information content (AvgIpc) is 3.17. The van der Waals surface area contributed by atoms with Gasteiger partial charge in [-0.25, -0.2) is 9.37 Å². The Morgan fingerprint density at radius 1 is 1.36 bits per heavy atom. The van der Waals surface area contributed by atoms with Crippen LogP contribution in [0, 0.1) is 5.82 Å². The largest absolute Gasteiger partial charge is 0.259 e. The van der Waals surface area contributed by atoms with Crippen molar-refractivity contribution in [3.8, 4) is 0 Å². The first kappa shape index (κ1) is 15.8. The summed E-state index contributed by atoms with van der Waals surface area (Å²) in [5.41, 5.74) is 1.40. The summed E-state index contributed by atoms with van der Waals surface area (Å²) < 4.78 is 26.3. The third-order valence-electron chi connectivity index (χ3n) is 4.30. The fourth-order valence-corrected chi connectivity index (χ4v) is 5.23. The fourth-order valence-electron chi connectivity index (χ4n) is 2.97. The highest BCUT2D eigenvalue weighted by Gasteiger charge is 2.22. The molecule has 22 heavy (non-hydrogen) atoms. The van der Waals surface area contributed by atoms with Crippen molar-refractivity contribution in [3.63, 3.8) is 0 Å². The number of hydrogen-bond donors (Lipinski definition) is 0. The fraction of sp³-hybridized carbons (Fsp3) is 0.471. The van der Waals surface area contributed by atoms with Crippen LogP contribution in [0.4, 0.5) is 4.39 Å². The molecule has 1 aliphatic carbocycles. The van der Waals surface area contributed by atoms with E-state index in [2.05, 4.69) is 4.98 Å². The molecule has 0 spiro atoms. The van der Waals surface area contributed by atoms with Gasteiger partial charge in [-0.05, 0) is 25.8 Å². The summed E-state index contributed by atoms with van der Waals surface area (Å²) in [6, 6.07) is 6.57. The quantitative estimate of drug-likeness (QED) is 0.772. The molecule has 1 heterocycles. The average molecular weight is 337 g/mol. The lowest BCUT2D eigenvalue weighted by atomic mass is 10.1. The number of thiazole rings is 1. The predicted octanol–water partition coefficient (Wildman–Crippen LogP) is 4.95. The monoisotopic (exact) mass is 337 g/mol. The molecule has 1 aromatic carbocycles. The molecule has 0 N–H and O–H groups in total. The minimum absolute atomic E-state index is 0.284. The number of halogens is 1. The van der Waals surface area contributed by atoms with Gasteiger partial charge in [-0.2, -0.15) is 0 Å². The van der Waals surface area contributed by atoms with Crippen LogP contribution in [-0.4, -0.2) is 9.19 Å². The van der Waals surface area contributed by atoms with Crippen molar-refractivity contribution in [1.82, 2.24) is 4.98 Å². The molecule has 5 heteroatoms. The van der Waals surface area contributed by atoms with Crippen LogP contribution in [0.2, 0.25) is 0 Å². The highest BCUT2D eigenvalue weighted by Crippen LogP contribution is 2.36. The Bertz CT molecular complexity index is 664. The van der Waals surface area contributed by atoms with Gasteiger partial charge in [0.2, 0.25) is 0 Å². The molecule has 2 aromatic rings. The second-order valence-corrected chi connectivity index (χ2v) is 8.49. The van der Waals surface area contributed by atoms with Crippen LogP contribution in [0.5, 0.6) is 0 Å². The third kappa shape index (κ3) is 3.46. The minimum atomic E-state index is -1.16. The molecule has 1 fully saturated rings. The smallest absolute Gasteiger partial charge is 0.127 e. The van der Waals surface area contributed by atoms with Crippen LogP contribution in [0.15, 0.2) is 29.6 Å². The van der Waals surface area contributed by atoms with Gasteiger partial charge in [-0.1, -0.05) is 31.0 Å². The van der Waals surface area contributed by atoms with Gasteiger partial charge < -0.3 is 0 Å². The molecule has 1 saturated carbocycles. The molecule has 1 aromatic heterocycles. The molecule has 0 unspecified atom stereocenters. The topological polar surface area (TPSA) is 30.0 Å². The van der Waals surface area contributed by atoms with E-state index in [0.717, 1.165) is 5.69 Å². The number of nitrogens with zero attached hydrogens (tertiary/aromatic N) is 1. The van der Waals surface area contributed by atoms with Gasteiger partial charge in [0.1, 0.15) is 5.82 Å². The Morgan fingerprint density at radius 2 is 2.09 bits per heavy atom. The van der Waals surface area contributed by atoms with E-state index in [0.29, 0.717) is 17.2 Å². The lowest BCUT2D eigenvalue weighted by Crippen LogP contribution is -2.07. The van der Waals surface area contributed by atoms with E-state index in [1.807, 2.05) is 12.3 Å². The first-order chi connectivity index (χ1) is 10.6. The molecule has 0 radical (unpaired) electrons. The van der Waals surface area contributed by atoms with Crippen molar-refractivity contribution in [3.05, 3.63) is 51.7 Å². The summed E-state index contributed by atoms with van der Waals surface area (Å²) in [4.78, 5) is 4.66. The minimum Gasteiger partial charge on any atom is -0.259 e. The Morgan fingerprint density at radius 3 is 2.82 bits per heavy atom. The zero-order valence-corrected chi connectivity index (χ0v) is 14.3. The third-order valence-corrected chi connectivity index (χ3v) is 6.98. The van der Waals surface area contributed by atoms with Crippen LogP contribution in [-0.2, 0) is 16.6 Å². The summed E-state index contributed by atoms with van der Waals surface area (Å²) >= 11 is 1.68. The molecule has 0 amide bonds. The van der Waals surface area contributed by atoms with Crippen molar-refractivity contribution in [2.75, 3.05) is 0 Å². The molecule has 2 atom stereocenters. The van der Waals surface area contributed by atoms with Gasteiger partial charge in [0.25, 0.3) is 0 Å². The molecular formula is C17H20FNOS2. The van der Waals surface area contributed by atoms with Crippen LogP contribution >= 0.6 is 11.3 Å². The Kier molecular flexibility index (Phi) is 5.03. The van der Waals surface area contributed by atoms with Crippen LogP contribution < -0.4 is 0 Å². The second-order valence-electron chi connectivity index (χ2n) is 5.85. The molecule has 118 valence electrons. The van der Waals surface area contributed by atoms with Crippen molar-refractivity contribution in [2.45, 2.75) is 49.5 Å². The molecular weight excluding hydrogens is 317 g/mol. The van der Waals surface area contributed by atoms with Crippen molar-refractivity contribution in [1.29, 1.82) is 0 Å². The van der Waals surface area contributed by atoms with Gasteiger partial charge in [0, 0.05) is 27.7 Å². The summed E-state index contributed by atoms with van der Waals surface area (Å²) in [5, 5.41) is 2.88. The lowest BCUT2D eigenvalue weighted by molar-refractivity contribution is 0.606. The molecule has 1 aliphatic rings.